The topological polar surface area (TPSA) is 58.6 Å². The van der Waals surface area contributed by atoms with E-state index in [1.807, 2.05) is 4.90 Å². The summed E-state index contributed by atoms with van der Waals surface area (Å²) in [6, 6.07) is 1.74. The van der Waals surface area contributed by atoms with Gasteiger partial charge in [-0.15, -0.1) is 0 Å². The molecule has 6 nitrogen and oxygen atoms in total. The van der Waals surface area contributed by atoms with Gasteiger partial charge in [-0.05, 0) is 19.3 Å². The number of anilines is 1. The molecule has 118 valence electrons. The van der Waals surface area contributed by atoms with Gasteiger partial charge < -0.3 is 14.5 Å². The highest BCUT2D eigenvalue weighted by molar-refractivity contribution is 5.79. The van der Waals surface area contributed by atoms with Crippen LogP contribution < -0.4 is 9.64 Å². The summed E-state index contributed by atoms with van der Waals surface area (Å²) in [5.74, 6) is 1.71. The van der Waals surface area contributed by atoms with Crippen molar-refractivity contribution < 1.29 is 9.53 Å². The predicted octanol–water partition coefficient (Wildman–Crippen LogP) is 1.49. The van der Waals surface area contributed by atoms with E-state index in [1.165, 1.54) is 0 Å². The molecule has 1 atom stereocenters. The molecular formula is C16H22N4O2. The molecule has 0 bridgehead atoms. The van der Waals surface area contributed by atoms with E-state index in [2.05, 4.69) is 27.0 Å². The molecule has 22 heavy (non-hydrogen) atoms. The smallest absolute Gasteiger partial charge is 0.228 e. The highest BCUT2D eigenvalue weighted by atomic mass is 16.5. The maximum Gasteiger partial charge on any atom is 0.228 e. The van der Waals surface area contributed by atoms with Crippen LogP contribution in [0.25, 0.3) is 0 Å². The fraction of sp³-hybridized carbons (Fsp3) is 0.562. The summed E-state index contributed by atoms with van der Waals surface area (Å²) in [7, 11) is 1.60. The van der Waals surface area contributed by atoms with Crippen LogP contribution in [0.1, 0.15) is 19.3 Å². The number of nitrogens with zero attached hydrogens (tertiary/aromatic N) is 4. The molecule has 0 aromatic carbocycles. The van der Waals surface area contributed by atoms with E-state index in [0.717, 1.165) is 45.4 Å². The minimum atomic E-state index is 0.171. The van der Waals surface area contributed by atoms with Gasteiger partial charge in [0.2, 0.25) is 17.7 Å². The van der Waals surface area contributed by atoms with Gasteiger partial charge in [0, 0.05) is 44.4 Å². The summed E-state index contributed by atoms with van der Waals surface area (Å²) in [5.41, 5.74) is 0. The lowest BCUT2D eigenvalue weighted by molar-refractivity contribution is -0.136. The minimum Gasteiger partial charge on any atom is -0.481 e. The number of carbonyl (C=O) groups is 1. The third-order valence-electron chi connectivity index (χ3n) is 4.32. The zero-order valence-corrected chi connectivity index (χ0v) is 12.9. The predicted molar refractivity (Wildman–Crippen MR) is 83.9 cm³/mol. The lowest BCUT2D eigenvalue weighted by Gasteiger charge is -2.36. The molecule has 1 aliphatic carbocycles. The molecule has 0 radical (unpaired) electrons. The number of piperazine rings is 1. The van der Waals surface area contributed by atoms with Gasteiger partial charge >= 0.3 is 0 Å². The maximum absolute atomic E-state index is 12.5. The van der Waals surface area contributed by atoms with Crippen LogP contribution in [-0.2, 0) is 4.79 Å². The van der Waals surface area contributed by atoms with Crippen LogP contribution in [-0.4, -0.2) is 54.1 Å². The minimum absolute atomic E-state index is 0.171. The number of methoxy groups -OCH3 is 1. The summed E-state index contributed by atoms with van der Waals surface area (Å²) < 4.78 is 5.14. The summed E-state index contributed by atoms with van der Waals surface area (Å²) in [6.07, 6.45) is 8.89. The Morgan fingerprint density at radius 2 is 2.09 bits per heavy atom. The van der Waals surface area contributed by atoms with Crippen molar-refractivity contribution in [3.63, 3.8) is 0 Å². The number of aromatic nitrogens is 2. The Labute approximate surface area is 130 Å². The first-order valence-electron chi connectivity index (χ1n) is 7.83. The van der Waals surface area contributed by atoms with E-state index in [0.29, 0.717) is 17.7 Å². The van der Waals surface area contributed by atoms with Crippen molar-refractivity contribution in [2.75, 3.05) is 38.2 Å². The van der Waals surface area contributed by atoms with Gasteiger partial charge in [-0.25, -0.2) is 4.98 Å². The van der Waals surface area contributed by atoms with Gasteiger partial charge in [-0.3, -0.25) is 4.79 Å². The van der Waals surface area contributed by atoms with E-state index >= 15 is 0 Å². The largest absolute Gasteiger partial charge is 0.481 e. The van der Waals surface area contributed by atoms with Gasteiger partial charge in [0.05, 0.1) is 7.11 Å². The first-order valence-corrected chi connectivity index (χ1v) is 7.83. The molecule has 1 aromatic rings. The Balaban J connectivity index is 1.57. The average molecular weight is 302 g/mol. The molecule has 6 heteroatoms. The van der Waals surface area contributed by atoms with Crippen molar-refractivity contribution in [2.24, 2.45) is 5.92 Å². The zero-order valence-electron chi connectivity index (χ0n) is 12.9. The van der Waals surface area contributed by atoms with Crippen LogP contribution in [0.3, 0.4) is 0 Å². The summed E-state index contributed by atoms with van der Waals surface area (Å²) >= 11 is 0. The molecule has 0 saturated carbocycles. The van der Waals surface area contributed by atoms with Crippen molar-refractivity contribution in [1.29, 1.82) is 0 Å². The highest BCUT2D eigenvalue weighted by Crippen LogP contribution is 2.22. The molecule has 1 aromatic heterocycles. The van der Waals surface area contributed by atoms with E-state index in [9.17, 15) is 4.79 Å². The van der Waals surface area contributed by atoms with Crippen molar-refractivity contribution >= 4 is 11.9 Å². The van der Waals surface area contributed by atoms with Gasteiger partial charge in [0.1, 0.15) is 0 Å². The summed E-state index contributed by atoms with van der Waals surface area (Å²) in [6.45, 7) is 3.00. The average Bonchev–Trinajstić information content (AvgIpc) is 2.62. The second-order valence-corrected chi connectivity index (χ2v) is 5.69. The Hall–Kier alpha value is -2.11. The number of carbonyl (C=O) groups excluding carboxylic acids is 1. The number of ether oxygens (including phenoxy) is 1. The van der Waals surface area contributed by atoms with Gasteiger partial charge in [0.25, 0.3) is 0 Å². The normalized spacial score (nSPS) is 21.8. The van der Waals surface area contributed by atoms with Crippen LogP contribution in [0.2, 0.25) is 0 Å². The summed E-state index contributed by atoms with van der Waals surface area (Å²) in [5, 5.41) is 0. The van der Waals surface area contributed by atoms with Gasteiger partial charge in [-0.1, -0.05) is 12.2 Å². The highest BCUT2D eigenvalue weighted by Gasteiger charge is 2.28. The van der Waals surface area contributed by atoms with Gasteiger partial charge in [-0.2, -0.15) is 4.98 Å². The Kier molecular flexibility index (Phi) is 4.56. The number of hydrogen-bond donors (Lipinski definition) is 0. The first-order chi connectivity index (χ1) is 10.8. The van der Waals surface area contributed by atoms with Crippen LogP contribution in [0, 0.1) is 5.92 Å². The molecule has 1 amide bonds. The Bertz CT molecular complexity index is 553. The van der Waals surface area contributed by atoms with Crippen LogP contribution in [0.15, 0.2) is 24.4 Å². The van der Waals surface area contributed by atoms with Crippen LogP contribution in [0.4, 0.5) is 5.95 Å². The van der Waals surface area contributed by atoms with Crippen LogP contribution >= 0.6 is 0 Å². The third-order valence-corrected chi connectivity index (χ3v) is 4.32. The molecule has 0 N–H and O–H groups in total. The molecule has 1 unspecified atom stereocenters. The quantitative estimate of drug-likeness (QED) is 0.792. The van der Waals surface area contributed by atoms with E-state index in [-0.39, 0.29) is 5.92 Å². The lowest BCUT2D eigenvalue weighted by Crippen LogP contribution is -2.51. The van der Waals surface area contributed by atoms with Gasteiger partial charge in [0.15, 0.2) is 0 Å². The molecule has 0 spiro atoms. The van der Waals surface area contributed by atoms with Crippen molar-refractivity contribution in [3.8, 4) is 5.88 Å². The fourth-order valence-corrected chi connectivity index (χ4v) is 3.00. The second-order valence-electron chi connectivity index (χ2n) is 5.69. The molecule has 1 fully saturated rings. The molecule has 1 aliphatic heterocycles. The number of hydrogen-bond acceptors (Lipinski definition) is 5. The van der Waals surface area contributed by atoms with Crippen molar-refractivity contribution in [3.05, 3.63) is 24.4 Å². The fourth-order valence-electron chi connectivity index (χ4n) is 3.00. The molecular weight excluding hydrogens is 280 g/mol. The standard InChI is InChI=1S/C16H22N4O2/c1-22-14-7-8-17-16(18-14)20-11-9-19(10-12-20)15(21)13-5-3-2-4-6-13/h2-3,7-8,13H,4-6,9-12H2,1H3. The molecule has 1 saturated heterocycles. The Morgan fingerprint density at radius 3 is 2.77 bits per heavy atom. The van der Waals surface area contributed by atoms with E-state index < -0.39 is 0 Å². The lowest BCUT2D eigenvalue weighted by atomic mass is 9.93. The number of allylic oxidation sites excluding steroid dienone is 2. The Morgan fingerprint density at radius 1 is 1.27 bits per heavy atom. The van der Waals surface area contributed by atoms with E-state index in [4.69, 9.17) is 4.74 Å². The van der Waals surface area contributed by atoms with Crippen LogP contribution in [0.5, 0.6) is 5.88 Å². The summed E-state index contributed by atoms with van der Waals surface area (Å²) in [4.78, 5) is 25.3. The maximum atomic E-state index is 12.5. The molecule has 3 rings (SSSR count). The van der Waals surface area contributed by atoms with Crippen molar-refractivity contribution in [1.82, 2.24) is 14.9 Å². The third kappa shape index (κ3) is 3.21. The number of amides is 1. The van der Waals surface area contributed by atoms with E-state index in [1.54, 1.807) is 19.4 Å². The zero-order chi connectivity index (χ0) is 15.4. The number of rotatable bonds is 3. The molecule has 2 aliphatic rings. The first kappa shape index (κ1) is 14.8. The van der Waals surface area contributed by atoms with Crippen molar-refractivity contribution in [2.45, 2.75) is 19.3 Å². The SMILES string of the molecule is COc1ccnc(N2CCN(C(=O)C3CC=CCC3)CC2)n1. The second kappa shape index (κ2) is 6.77. The molecule has 2 heterocycles. The monoisotopic (exact) mass is 302 g/mol.